The lowest BCUT2D eigenvalue weighted by Crippen LogP contribution is -2.16. The summed E-state index contributed by atoms with van der Waals surface area (Å²) in [4.78, 5) is 13.3. The number of aliphatic hydroxyl groups excluding tert-OH is 1. The number of hydrogen-bond donors (Lipinski definition) is 2. The van der Waals surface area contributed by atoms with Crippen LogP contribution in [0, 0.1) is 0 Å². The summed E-state index contributed by atoms with van der Waals surface area (Å²) in [5.74, 6) is 0.378. The van der Waals surface area contributed by atoms with Crippen LogP contribution in [0.2, 0.25) is 0 Å². The Labute approximate surface area is 131 Å². The van der Waals surface area contributed by atoms with Gasteiger partial charge in [-0.2, -0.15) is 5.10 Å². The maximum Gasteiger partial charge on any atom is 0.256 e. The third-order valence-electron chi connectivity index (χ3n) is 3.14. The summed E-state index contributed by atoms with van der Waals surface area (Å²) in [5.41, 5.74) is 1.36. The molecular formula is C16H15N3O2S. The first-order valence-electron chi connectivity index (χ1n) is 6.87. The highest BCUT2D eigenvalue weighted by atomic mass is 32.1. The van der Waals surface area contributed by atoms with Crippen LogP contribution in [-0.2, 0) is 6.54 Å². The molecule has 0 atom stereocenters. The molecule has 0 aliphatic carbocycles. The van der Waals surface area contributed by atoms with Crippen LogP contribution in [0.3, 0.4) is 0 Å². The smallest absolute Gasteiger partial charge is 0.256 e. The summed E-state index contributed by atoms with van der Waals surface area (Å²) in [6, 6.07) is 14.7. The second-order valence-corrected chi connectivity index (χ2v) is 5.61. The van der Waals surface area contributed by atoms with E-state index in [-0.39, 0.29) is 12.5 Å². The number of benzene rings is 1. The molecule has 2 N–H and O–H groups in total. The summed E-state index contributed by atoms with van der Waals surface area (Å²) in [7, 11) is 0. The van der Waals surface area contributed by atoms with E-state index in [1.54, 1.807) is 28.2 Å². The molecule has 5 nitrogen and oxygen atoms in total. The Kier molecular flexibility index (Phi) is 4.32. The molecule has 0 bridgehead atoms. The van der Waals surface area contributed by atoms with Crippen molar-refractivity contribution in [3.8, 4) is 10.6 Å². The number of rotatable bonds is 5. The van der Waals surface area contributed by atoms with E-state index in [0.717, 1.165) is 10.6 Å². The van der Waals surface area contributed by atoms with Crippen LogP contribution in [0.15, 0.2) is 53.9 Å². The SMILES string of the molecule is O=C(Nc1cc(-c2cccs2)nn1CCO)c1ccccc1. The zero-order chi connectivity index (χ0) is 15.4. The predicted octanol–water partition coefficient (Wildman–Crippen LogP) is 2.86. The van der Waals surface area contributed by atoms with E-state index >= 15 is 0 Å². The van der Waals surface area contributed by atoms with Crippen molar-refractivity contribution < 1.29 is 9.90 Å². The molecule has 2 aromatic heterocycles. The van der Waals surface area contributed by atoms with Gasteiger partial charge in [-0.05, 0) is 23.6 Å². The number of carbonyl (C=O) groups excluding carboxylic acids is 1. The van der Waals surface area contributed by atoms with E-state index in [9.17, 15) is 4.79 Å². The minimum absolute atomic E-state index is 0.0419. The molecule has 0 saturated heterocycles. The van der Waals surface area contributed by atoms with Crippen molar-refractivity contribution in [1.82, 2.24) is 9.78 Å². The van der Waals surface area contributed by atoms with Crippen LogP contribution >= 0.6 is 11.3 Å². The van der Waals surface area contributed by atoms with Crippen molar-refractivity contribution in [2.24, 2.45) is 0 Å². The molecule has 0 spiro atoms. The van der Waals surface area contributed by atoms with Gasteiger partial charge in [0, 0.05) is 11.6 Å². The summed E-state index contributed by atoms with van der Waals surface area (Å²) >= 11 is 1.58. The van der Waals surface area contributed by atoms with Gasteiger partial charge < -0.3 is 10.4 Å². The summed E-state index contributed by atoms with van der Waals surface area (Å²) < 4.78 is 1.61. The first-order chi connectivity index (χ1) is 10.8. The fourth-order valence-corrected chi connectivity index (χ4v) is 2.79. The minimum atomic E-state index is -0.197. The molecule has 22 heavy (non-hydrogen) atoms. The third kappa shape index (κ3) is 3.08. The minimum Gasteiger partial charge on any atom is -0.394 e. The molecule has 1 amide bonds. The van der Waals surface area contributed by atoms with Crippen LogP contribution in [0.4, 0.5) is 5.82 Å². The maximum atomic E-state index is 12.3. The quantitative estimate of drug-likeness (QED) is 0.761. The lowest BCUT2D eigenvalue weighted by Gasteiger charge is -2.07. The Morgan fingerprint density at radius 1 is 1.23 bits per heavy atom. The van der Waals surface area contributed by atoms with E-state index in [4.69, 9.17) is 5.11 Å². The number of nitrogens with one attached hydrogen (secondary N) is 1. The number of aromatic nitrogens is 2. The Morgan fingerprint density at radius 2 is 2.05 bits per heavy atom. The summed E-state index contributed by atoms with van der Waals surface area (Å²) in [6.07, 6.45) is 0. The molecule has 0 unspecified atom stereocenters. The molecule has 3 rings (SSSR count). The molecule has 0 aliphatic rings. The van der Waals surface area contributed by atoms with Gasteiger partial charge in [0.05, 0.1) is 18.0 Å². The second kappa shape index (κ2) is 6.55. The van der Waals surface area contributed by atoms with Crippen molar-refractivity contribution in [2.75, 3.05) is 11.9 Å². The van der Waals surface area contributed by atoms with Crippen molar-refractivity contribution >= 4 is 23.1 Å². The van der Waals surface area contributed by atoms with E-state index in [2.05, 4.69) is 10.4 Å². The first kappa shape index (κ1) is 14.5. The number of aliphatic hydroxyl groups is 1. The summed E-state index contributed by atoms with van der Waals surface area (Å²) in [6.45, 7) is 0.287. The molecule has 0 saturated carbocycles. The van der Waals surface area contributed by atoms with E-state index in [1.165, 1.54) is 0 Å². The van der Waals surface area contributed by atoms with E-state index in [0.29, 0.717) is 17.9 Å². The van der Waals surface area contributed by atoms with Gasteiger partial charge in [0.1, 0.15) is 11.5 Å². The Morgan fingerprint density at radius 3 is 2.73 bits per heavy atom. The Balaban J connectivity index is 1.87. The molecule has 0 fully saturated rings. The molecular weight excluding hydrogens is 298 g/mol. The van der Waals surface area contributed by atoms with Crippen LogP contribution in [-0.4, -0.2) is 27.4 Å². The van der Waals surface area contributed by atoms with Crippen LogP contribution < -0.4 is 5.32 Å². The van der Waals surface area contributed by atoms with Crippen molar-refractivity contribution in [3.05, 3.63) is 59.5 Å². The van der Waals surface area contributed by atoms with Crippen molar-refractivity contribution in [1.29, 1.82) is 0 Å². The monoisotopic (exact) mass is 313 g/mol. The highest BCUT2D eigenvalue weighted by Gasteiger charge is 2.13. The largest absolute Gasteiger partial charge is 0.394 e. The van der Waals surface area contributed by atoms with Crippen LogP contribution in [0.25, 0.3) is 10.6 Å². The predicted molar refractivity (Wildman–Crippen MR) is 87.0 cm³/mol. The highest BCUT2D eigenvalue weighted by Crippen LogP contribution is 2.26. The Bertz CT molecular complexity index is 751. The van der Waals surface area contributed by atoms with Gasteiger partial charge in [-0.25, -0.2) is 4.68 Å². The molecule has 3 aromatic rings. The highest BCUT2D eigenvalue weighted by molar-refractivity contribution is 7.13. The van der Waals surface area contributed by atoms with E-state index < -0.39 is 0 Å². The van der Waals surface area contributed by atoms with Crippen LogP contribution in [0.5, 0.6) is 0 Å². The molecule has 0 aliphatic heterocycles. The number of carbonyl (C=O) groups is 1. The van der Waals surface area contributed by atoms with Gasteiger partial charge in [0.25, 0.3) is 5.91 Å². The van der Waals surface area contributed by atoms with E-state index in [1.807, 2.05) is 41.8 Å². The Hall–Kier alpha value is -2.44. The second-order valence-electron chi connectivity index (χ2n) is 4.66. The number of hydrogen-bond acceptors (Lipinski definition) is 4. The molecule has 112 valence electrons. The number of anilines is 1. The van der Waals surface area contributed by atoms with Gasteiger partial charge in [0.15, 0.2) is 0 Å². The molecule has 6 heteroatoms. The zero-order valence-corrected chi connectivity index (χ0v) is 12.6. The van der Waals surface area contributed by atoms with Gasteiger partial charge >= 0.3 is 0 Å². The van der Waals surface area contributed by atoms with Crippen molar-refractivity contribution in [2.45, 2.75) is 6.54 Å². The lowest BCUT2D eigenvalue weighted by atomic mass is 10.2. The fourth-order valence-electron chi connectivity index (χ4n) is 2.11. The maximum absolute atomic E-state index is 12.3. The fraction of sp³-hybridized carbons (Fsp3) is 0.125. The number of amides is 1. The zero-order valence-electron chi connectivity index (χ0n) is 11.8. The average Bonchev–Trinajstić information content (AvgIpc) is 3.19. The average molecular weight is 313 g/mol. The van der Waals surface area contributed by atoms with Crippen LogP contribution in [0.1, 0.15) is 10.4 Å². The normalized spacial score (nSPS) is 10.6. The summed E-state index contributed by atoms with van der Waals surface area (Å²) in [5, 5.41) is 18.4. The first-order valence-corrected chi connectivity index (χ1v) is 7.75. The van der Waals surface area contributed by atoms with Crippen molar-refractivity contribution in [3.63, 3.8) is 0 Å². The number of nitrogens with zero attached hydrogens (tertiary/aromatic N) is 2. The van der Waals surface area contributed by atoms with Gasteiger partial charge in [-0.15, -0.1) is 11.3 Å². The van der Waals surface area contributed by atoms with Gasteiger partial charge in [0.2, 0.25) is 0 Å². The topological polar surface area (TPSA) is 67.2 Å². The molecule has 2 heterocycles. The molecule has 1 aromatic carbocycles. The lowest BCUT2D eigenvalue weighted by molar-refractivity contribution is 0.102. The van der Waals surface area contributed by atoms with Gasteiger partial charge in [-0.1, -0.05) is 24.3 Å². The third-order valence-corrected chi connectivity index (χ3v) is 4.04. The number of thiophene rings is 1. The van der Waals surface area contributed by atoms with Gasteiger partial charge in [-0.3, -0.25) is 4.79 Å². The molecule has 0 radical (unpaired) electrons. The standard InChI is InChI=1S/C16H15N3O2S/c20-9-8-19-15(11-13(18-19)14-7-4-10-22-14)17-16(21)12-5-2-1-3-6-12/h1-7,10-11,20H,8-9H2,(H,17,21).